The molecule has 0 radical (unpaired) electrons. The van der Waals surface area contributed by atoms with Gasteiger partial charge in [-0.1, -0.05) is 35.9 Å². The number of anilines is 2. The monoisotopic (exact) mass is 308 g/mol. The van der Waals surface area contributed by atoms with Crippen molar-refractivity contribution in [3.05, 3.63) is 59.7 Å². The fourth-order valence-electron chi connectivity index (χ4n) is 3.04. The largest absolute Gasteiger partial charge is 0.326 e. The number of nitrogens with one attached hydrogen (secondary N) is 1. The number of carbonyl (C=O) groups excluding carboxylic acids is 2. The van der Waals surface area contributed by atoms with Crippen molar-refractivity contribution in [2.45, 2.75) is 26.2 Å². The molecule has 3 rings (SSSR count). The summed E-state index contributed by atoms with van der Waals surface area (Å²) in [4.78, 5) is 25.9. The molecule has 0 aliphatic carbocycles. The smallest absolute Gasteiger partial charge is 0.225 e. The highest BCUT2D eigenvalue weighted by molar-refractivity contribution is 5.96. The molecule has 1 unspecified atom stereocenters. The molecule has 0 fully saturated rings. The van der Waals surface area contributed by atoms with Crippen LogP contribution in [0.1, 0.15) is 30.4 Å². The third kappa shape index (κ3) is 3.26. The number of hydrogen-bond donors (Lipinski definition) is 1. The van der Waals surface area contributed by atoms with Gasteiger partial charge in [-0.3, -0.25) is 9.59 Å². The van der Waals surface area contributed by atoms with Crippen LogP contribution in [0, 0.1) is 6.92 Å². The molecular formula is C19H20N2O2. The molecule has 0 bridgehead atoms. The predicted octanol–water partition coefficient (Wildman–Crippen LogP) is 3.47. The van der Waals surface area contributed by atoms with Crippen molar-refractivity contribution in [3.8, 4) is 0 Å². The van der Waals surface area contributed by atoms with Crippen LogP contribution in [-0.4, -0.2) is 18.4 Å². The zero-order valence-electron chi connectivity index (χ0n) is 13.4. The molecule has 0 saturated heterocycles. The minimum absolute atomic E-state index is 0.0129. The van der Waals surface area contributed by atoms with Crippen LogP contribution in [0.2, 0.25) is 0 Å². The molecule has 1 N–H and O–H groups in total. The summed E-state index contributed by atoms with van der Waals surface area (Å²) in [6, 6.07) is 15.6. The summed E-state index contributed by atoms with van der Waals surface area (Å²) in [5.74, 6) is 0.0264. The van der Waals surface area contributed by atoms with Gasteiger partial charge in [-0.15, -0.1) is 0 Å². The average Bonchev–Trinajstić information content (AvgIpc) is 2.89. The number of para-hydroxylation sites is 1. The van der Waals surface area contributed by atoms with E-state index in [0.29, 0.717) is 13.0 Å². The minimum atomic E-state index is -0.0286. The van der Waals surface area contributed by atoms with Crippen molar-refractivity contribution < 1.29 is 9.59 Å². The van der Waals surface area contributed by atoms with Crippen molar-refractivity contribution >= 4 is 23.2 Å². The van der Waals surface area contributed by atoms with E-state index in [4.69, 9.17) is 0 Å². The molecule has 4 heteroatoms. The Morgan fingerprint density at radius 3 is 2.52 bits per heavy atom. The molecular weight excluding hydrogens is 288 g/mol. The van der Waals surface area contributed by atoms with E-state index in [1.807, 2.05) is 55.5 Å². The van der Waals surface area contributed by atoms with Crippen LogP contribution in [0.5, 0.6) is 0 Å². The lowest BCUT2D eigenvalue weighted by Crippen LogP contribution is -2.28. The molecule has 1 aliphatic rings. The van der Waals surface area contributed by atoms with E-state index in [9.17, 15) is 9.59 Å². The normalized spacial score (nSPS) is 16.1. The second-order valence-corrected chi connectivity index (χ2v) is 6.00. The second-order valence-electron chi connectivity index (χ2n) is 6.00. The van der Waals surface area contributed by atoms with Crippen LogP contribution in [0.4, 0.5) is 11.4 Å². The van der Waals surface area contributed by atoms with Crippen molar-refractivity contribution in [2.75, 3.05) is 16.8 Å². The summed E-state index contributed by atoms with van der Waals surface area (Å²) in [7, 11) is 0. The van der Waals surface area contributed by atoms with Crippen LogP contribution in [0.15, 0.2) is 48.5 Å². The molecule has 118 valence electrons. The van der Waals surface area contributed by atoms with Crippen molar-refractivity contribution in [2.24, 2.45) is 0 Å². The van der Waals surface area contributed by atoms with E-state index in [1.54, 1.807) is 11.8 Å². The van der Waals surface area contributed by atoms with Gasteiger partial charge in [-0.25, -0.2) is 0 Å². The first-order chi connectivity index (χ1) is 11.0. The van der Waals surface area contributed by atoms with Crippen molar-refractivity contribution in [3.63, 3.8) is 0 Å². The molecule has 2 aromatic rings. The molecule has 2 aromatic carbocycles. The first kappa shape index (κ1) is 15.3. The van der Waals surface area contributed by atoms with E-state index in [-0.39, 0.29) is 17.7 Å². The SMILES string of the molecule is CC(=O)N1CC(CC(=O)Nc2ccc(C)cc2)c2ccccc21. The zero-order valence-corrected chi connectivity index (χ0v) is 13.4. The first-order valence-electron chi connectivity index (χ1n) is 7.78. The number of benzene rings is 2. The van der Waals surface area contributed by atoms with Gasteiger partial charge in [0.2, 0.25) is 11.8 Å². The quantitative estimate of drug-likeness (QED) is 0.944. The number of fused-ring (bicyclic) bond motifs is 1. The Labute approximate surface area is 136 Å². The number of rotatable bonds is 3. The fourth-order valence-corrected chi connectivity index (χ4v) is 3.04. The predicted molar refractivity (Wildman–Crippen MR) is 91.6 cm³/mol. The van der Waals surface area contributed by atoms with E-state index in [0.717, 1.165) is 22.5 Å². The van der Waals surface area contributed by atoms with Gasteiger partial charge >= 0.3 is 0 Å². The number of nitrogens with zero attached hydrogens (tertiary/aromatic N) is 1. The number of hydrogen-bond acceptors (Lipinski definition) is 2. The number of aryl methyl sites for hydroxylation is 1. The van der Waals surface area contributed by atoms with Gasteiger partial charge in [0.25, 0.3) is 0 Å². The minimum Gasteiger partial charge on any atom is -0.326 e. The van der Waals surface area contributed by atoms with E-state index >= 15 is 0 Å². The molecule has 1 atom stereocenters. The summed E-state index contributed by atoms with van der Waals surface area (Å²) >= 11 is 0. The Hall–Kier alpha value is -2.62. The van der Waals surface area contributed by atoms with Gasteiger partial charge in [-0.2, -0.15) is 0 Å². The molecule has 0 saturated carbocycles. The highest BCUT2D eigenvalue weighted by Crippen LogP contribution is 2.38. The third-order valence-electron chi connectivity index (χ3n) is 4.22. The van der Waals surface area contributed by atoms with Crippen molar-refractivity contribution in [1.29, 1.82) is 0 Å². The number of carbonyl (C=O) groups is 2. The van der Waals surface area contributed by atoms with E-state index in [2.05, 4.69) is 5.32 Å². The molecule has 23 heavy (non-hydrogen) atoms. The highest BCUT2D eigenvalue weighted by atomic mass is 16.2. The fraction of sp³-hybridized carbons (Fsp3) is 0.263. The number of amides is 2. The molecule has 1 aliphatic heterocycles. The van der Waals surface area contributed by atoms with Gasteiger partial charge in [0, 0.05) is 37.2 Å². The molecule has 4 nitrogen and oxygen atoms in total. The van der Waals surface area contributed by atoms with Gasteiger partial charge in [0.05, 0.1) is 0 Å². The molecule has 1 heterocycles. The summed E-state index contributed by atoms with van der Waals surface area (Å²) in [6.07, 6.45) is 0.370. The van der Waals surface area contributed by atoms with Crippen LogP contribution in [-0.2, 0) is 9.59 Å². The Kier molecular flexibility index (Phi) is 4.15. The maximum absolute atomic E-state index is 12.3. The summed E-state index contributed by atoms with van der Waals surface area (Å²) < 4.78 is 0. The standard InChI is InChI=1S/C19H20N2O2/c1-13-7-9-16(10-8-13)20-19(23)11-15-12-21(14(2)22)18-6-4-3-5-17(15)18/h3-10,15H,11-12H2,1-2H3,(H,20,23). The first-order valence-corrected chi connectivity index (χ1v) is 7.78. The van der Waals surface area contributed by atoms with Crippen molar-refractivity contribution in [1.82, 2.24) is 0 Å². The topological polar surface area (TPSA) is 49.4 Å². The zero-order chi connectivity index (χ0) is 16.4. The third-order valence-corrected chi connectivity index (χ3v) is 4.22. The lowest BCUT2D eigenvalue weighted by molar-refractivity contribution is -0.118. The maximum Gasteiger partial charge on any atom is 0.225 e. The van der Waals surface area contributed by atoms with Gasteiger partial charge in [-0.05, 0) is 30.7 Å². The van der Waals surface area contributed by atoms with E-state index < -0.39 is 0 Å². The Morgan fingerprint density at radius 2 is 1.83 bits per heavy atom. The average molecular weight is 308 g/mol. The summed E-state index contributed by atoms with van der Waals surface area (Å²) in [5, 5.41) is 2.93. The van der Waals surface area contributed by atoms with Crippen LogP contribution in [0.3, 0.4) is 0 Å². The second kappa shape index (κ2) is 6.24. The van der Waals surface area contributed by atoms with E-state index in [1.165, 1.54) is 0 Å². The van der Waals surface area contributed by atoms with Gasteiger partial charge < -0.3 is 10.2 Å². The van der Waals surface area contributed by atoms with Crippen LogP contribution >= 0.6 is 0 Å². The molecule has 0 spiro atoms. The highest BCUT2D eigenvalue weighted by Gasteiger charge is 2.31. The molecule has 0 aromatic heterocycles. The molecule has 2 amide bonds. The summed E-state index contributed by atoms with van der Waals surface area (Å²) in [5.41, 5.74) is 3.95. The lowest BCUT2D eigenvalue weighted by Gasteiger charge is -2.15. The Balaban J connectivity index is 1.72. The maximum atomic E-state index is 12.3. The van der Waals surface area contributed by atoms with Gasteiger partial charge in [0.15, 0.2) is 0 Å². The Morgan fingerprint density at radius 1 is 1.13 bits per heavy atom. The van der Waals surface area contributed by atoms with Gasteiger partial charge in [0.1, 0.15) is 0 Å². The Bertz CT molecular complexity index is 737. The lowest BCUT2D eigenvalue weighted by atomic mass is 9.97. The van der Waals surface area contributed by atoms with Crippen LogP contribution < -0.4 is 10.2 Å². The summed E-state index contributed by atoms with van der Waals surface area (Å²) in [6.45, 7) is 4.14. The van der Waals surface area contributed by atoms with Crippen LogP contribution in [0.25, 0.3) is 0 Å².